The molecule has 0 aliphatic rings. The summed E-state index contributed by atoms with van der Waals surface area (Å²) in [4.78, 5) is 13.7. The second kappa shape index (κ2) is 42.5. The molecule has 1 unspecified atom stereocenters. The molecule has 0 aliphatic heterocycles. The van der Waals surface area contributed by atoms with Crippen LogP contribution in [0.2, 0.25) is 0 Å². The highest BCUT2D eigenvalue weighted by Crippen LogP contribution is 2.46. The molecular formula is C133H126N6. The first-order valence-corrected chi connectivity index (χ1v) is 48.5. The maximum Gasteiger partial charge on any atom is 0.0464 e. The number of anilines is 15. The Balaban J connectivity index is 0.000000145. The van der Waals surface area contributed by atoms with E-state index in [1.54, 1.807) is 0 Å². The largest absolute Gasteiger partial charge is 0.345 e. The Morgan fingerprint density at radius 2 is 0.338 bits per heavy atom. The second-order valence-corrected chi connectivity index (χ2v) is 38.3. The quantitative estimate of drug-likeness (QED) is 0.0528. The lowest BCUT2D eigenvalue weighted by atomic mass is 9.78. The van der Waals surface area contributed by atoms with Crippen LogP contribution in [0.15, 0.2) is 467 Å². The molecule has 6 heteroatoms. The highest BCUT2D eigenvalue weighted by Gasteiger charge is 2.28. The van der Waals surface area contributed by atoms with Crippen LogP contribution in [0, 0.1) is 62.3 Å². The van der Waals surface area contributed by atoms with Crippen LogP contribution in [0.25, 0.3) is 33.4 Å². The molecule has 0 spiro atoms. The Kier molecular flexibility index (Phi) is 29.0. The molecular weight excluding hydrogens is 1680 g/mol. The average Bonchev–Trinajstić information content (AvgIpc) is 0.786. The fourth-order valence-corrected chi connectivity index (χ4v) is 18.4. The van der Waals surface area contributed by atoms with E-state index >= 15 is 0 Å². The molecule has 6 nitrogen and oxygen atoms in total. The third-order valence-corrected chi connectivity index (χ3v) is 27.9. The van der Waals surface area contributed by atoms with E-state index in [0.29, 0.717) is 0 Å². The first-order valence-electron chi connectivity index (χ1n) is 48.5. The van der Waals surface area contributed by atoms with Crippen molar-refractivity contribution in [3.8, 4) is 33.4 Å². The zero-order chi connectivity index (χ0) is 96.9. The highest BCUT2D eigenvalue weighted by molar-refractivity contribution is 5.83. The molecule has 139 heavy (non-hydrogen) atoms. The lowest BCUT2D eigenvalue weighted by Crippen LogP contribution is -2.19. The van der Waals surface area contributed by atoms with Gasteiger partial charge >= 0.3 is 0 Å². The molecule has 0 aromatic heterocycles. The molecule has 1 atom stereocenters. The molecule has 0 bridgehead atoms. The molecule has 0 heterocycles. The van der Waals surface area contributed by atoms with Crippen molar-refractivity contribution < 1.29 is 0 Å². The number of para-hydroxylation sites is 2. The van der Waals surface area contributed by atoms with Crippen molar-refractivity contribution in [2.24, 2.45) is 0 Å². The molecule has 19 rings (SSSR count). The van der Waals surface area contributed by atoms with E-state index in [2.05, 4.69) is 608 Å². The summed E-state index contributed by atoms with van der Waals surface area (Å²) in [6, 6.07) is 170. The van der Waals surface area contributed by atoms with Crippen molar-refractivity contribution in [1.29, 1.82) is 0 Å². The van der Waals surface area contributed by atoms with Gasteiger partial charge in [-0.05, 0) is 339 Å². The molecule has 19 aromatic rings. The van der Waals surface area contributed by atoms with Gasteiger partial charge in [-0.15, -0.1) is 0 Å². The zero-order valence-electron chi connectivity index (χ0n) is 83.2. The van der Waals surface area contributed by atoms with Crippen LogP contribution < -0.4 is 29.4 Å². The first-order chi connectivity index (χ1) is 67.3. The molecule has 688 valence electrons. The number of aryl methyl sites for hydroxylation is 9. The van der Waals surface area contributed by atoms with E-state index in [1.807, 2.05) is 0 Å². The maximum absolute atomic E-state index is 2.37. The van der Waals surface area contributed by atoms with Gasteiger partial charge in [0, 0.05) is 123 Å². The van der Waals surface area contributed by atoms with Crippen molar-refractivity contribution in [3.63, 3.8) is 0 Å². The molecule has 0 saturated carbocycles. The van der Waals surface area contributed by atoms with Gasteiger partial charge in [0.05, 0.1) is 0 Å². The summed E-state index contributed by atoms with van der Waals surface area (Å²) in [5.74, 6) is 0.102. The van der Waals surface area contributed by atoms with Crippen LogP contribution in [0.5, 0.6) is 0 Å². The predicted octanol–water partition coefficient (Wildman–Crippen LogP) is 36.4. The van der Waals surface area contributed by atoms with E-state index in [9.17, 15) is 0 Å². The lowest BCUT2D eigenvalue weighted by molar-refractivity contribution is 0.641. The van der Waals surface area contributed by atoms with Gasteiger partial charge in [0.2, 0.25) is 0 Å². The SMILES string of the molecule is Cc1ccc(-c2ccc(N(c3ccc(C(c4ccccc4)c4ccc(N(C)c5ccc(C)c(C)c5)cc4)cc3)c3ccc(C)c(C)c3)cc2)cc1.Cc1ccc(-c2ccc(N(c3ccc(C)cc3)c3ccc(C(C)(C)c4ccc(N(C)c5ccc(C)cc5)cc4)cc3)cc2)cc1.Cc1ccc(-c2ccc(N(c3ccccc3)c3ccc(C(C)(C)c4ccc(N(C)c5ccccc5)cc4)cc3)cc2)cc1. The van der Waals surface area contributed by atoms with Crippen molar-refractivity contribution in [3.05, 3.63) is 556 Å². The van der Waals surface area contributed by atoms with Crippen molar-refractivity contribution in [2.45, 2.75) is 107 Å². The third kappa shape index (κ3) is 22.1. The van der Waals surface area contributed by atoms with Crippen molar-refractivity contribution in [1.82, 2.24) is 0 Å². The topological polar surface area (TPSA) is 19.4 Å². The fraction of sp³-hybridized carbons (Fsp3) is 0.143. The average molecular weight is 1810 g/mol. The monoisotopic (exact) mass is 1810 g/mol. The Morgan fingerprint density at radius 1 is 0.158 bits per heavy atom. The number of benzene rings is 19. The van der Waals surface area contributed by atoms with Crippen LogP contribution >= 0.6 is 0 Å². The second-order valence-electron chi connectivity index (χ2n) is 38.3. The van der Waals surface area contributed by atoms with Gasteiger partial charge in [0.1, 0.15) is 0 Å². The summed E-state index contributed by atoms with van der Waals surface area (Å²) >= 11 is 0. The van der Waals surface area contributed by atoms with Crippen LogP contribution in [0.4, 0.5) is 85.3 Å². The summed E-state index contributed by atoms with van der Waals surface area (Å²) in [6.07, 6.45) is 0. The third-order valence-electron chi connectivity index (χ3n) is 27.9. The van der Waals surface area contributed by atoms with Gasteiger partial charge in [-0.3, -0.25) is 0 Å². The van der Waals surface area contributed by atoms with E-state index in [1.165, 1.54) is 157 Å². The minimum absolute atomic E-state index is 0.102. The number of nitrogens with zero attached hydrogens (tertiary/aromatic N) is 6. The number of hydrogen-bond donors (Lipinski definition) is 0. The molecule has 19 aromatic carbocycles. The summed E-state index contributed by atoms with van der Waals surface area (Å²) < 4.78 is 0. The van der Waals surface area contributed by atoms with Crippen LogP contribution in [0.1, 0.15) is 123 Å². The number of hydrogen-bond acceptors (Lipinski definition) is 6. The van der Waals surface area contributed by atoms with Gasteiger partial charge in [-0.2, -0.15) is 0 Å². The highest BCUT2D eigenvalue weighted by atomic mass is 15.2. The van der Waals surface area contributed by atoms with Crippen molar-refractivity contribution in [2.75, 3.05) is 50.5 Å². The Labute approximate surface area is 826 Å². The summed E-state index contributed by atoms with van der Waals surface area (Å²) in [5.41, 5.74) is 44.8. The predicted molar refractivity (Wildman–Crippen MR) is 597 cm³/mol. The van der Waals surface area contributed by atoms with Crippen molar-refractivity contribution >= 4 is 85.3 Å². The van der Waals surface area contributed by atoms with Gasteiger partial charge in [0.15, 0.2) is 0 Å². The number of rotatable bonds is 25. The molecule has 0 aliphatic carbocycles. The van der Waals surface area contributed by atoms with E-state index < -0.39 is 0 Å². The summed E-state index contributed by atoms with van der Waals surface area (Å²) in [5, 5.41) is 0. The smallest absolute Gasteiger partial charge is 0.0464 e. The van der Waals surface area contributed by atoms with Gasteiger partial charge < -0.3 is 29.4 Å². The van der Waals surface area contributed by atoms with E-state index in [-0.39, 0.29) is 16.7 Å². The Morgan fingerprint density at radius 3 is 0.640 bits per heavy atom. The molecule has 0 radical (unpaired) electrons. The first kappa shape index (κ1) is 94.7. The summed E-state index contributed by atoms with van der Waals surface area (Å²) in [7, 11) is 6.38. The standard InChI is InChI=1S/C49H46N2.C43H42N2.C41H38N2/c1-34-12-16-39(17-13-34)40-18-28-45(29-19-40)51(48-25-15-36(3)38(5)33-48)46-30-22-43(23-31-46)49(41-10-8-7-9-11-41)42-20-26-44(27-21-42)50(6)47-24-14-35(2)37(4)32-47;1-31-7-13-34(14-8-31)35-15-25-41(26-16-35)45(40-23-11-33(3)12-24-40)42-29-19-37(20-30-42)43(4,5)36-17-27-39(28-18-36)44(6)38-21-9-32(2)10-22-38;1-31-15-17-32(18-16-31)33-19-25-39(26-20-33)43(38-13-9-6-10-14-38)40-29-23-35(24-30-40)41(2,3)34-21-27-37(28-22-34)42(4)36-11-7-5-8-12-36/h7-33,49H,1-6H3;7-30H,1-6H3;5-30H,1-4H3. The fourth-order valence-electron chi connectivity index (χ4n) is 18.4. The van der Waals surface area contributed by atoms with E-state index in [0.717, 1.165) is 51.2 Å². The molecule has 0 N–H and O–H groups in total. The Hall–Kier alpha value is -16.0. The molecule has 0 amide bonds. The zero-order valence-corrected chi connectivity index (χ0v) is 83.2. The lowest BCUT2D eigenvalue weighted by Gasteiger charge is -2.29. The Bertz CT molecular complexity index is 7230. The molecule has 0 fully saturated rings. The van der Waals surface area contributed by atoms with Crippen LogP contribution in [0.3, 0.4) is 0 Å². The van der Waals surface area contributed by atoms with Crippen LogP contribution in [-0.4, -0.2) is 21.1 Å². The van der Waals surface area contributed by atoms with Crippen LogP contribution in [-0.2, 0) is 10.8 Å². The summed E-state index contributed by atoms with van der Waals surface area (Å²) in [6.45, 7) is 28.6. The minimum Gasteiger partial charge on any atom is -0.345 e. The van der Waals surface area contributed by atoms with Gasteiger partial charge in [-0.25, -0.2) is 0 Å². The molecule has 0 saturated heterocycles. The van der Waals surface area contributed by atoms with E-state index in [4.69, 9.17) is 0 Å². The maximum atomic E-state index is 2.37. The normalized spacial score (nSPS) is 11.4. The minimum atomic E-state index is -0.149. The van der Waals surface area contributed by atoms with Gasteiger partial charge in [0.25, 0.3) is 0 Å². The van der Waals surface area contributed by atoms with Gasteiger partial charge in [-0.1, -0.05) is 341 Å².